The van der Waals surface area contributed by atoms with Gasteiger partial charge in [0.2, 0.25) is 5.91 Å². The first-order valence-electron chi connectivity index (χ1n) is 8.86. The minimum Gasteiger partial charge on any atom is -0.457 e. The molecule has 1 fully saturated rings. The maximum atomic E-state index is 12.8. The molecule has 152 valence electrons. The molecule has 0 saturated carbocycles. The fraction of sp³-hybridized carbons (Fsp3) is 0.300. The largest absolute Gasteiger partial charge is 0.508 e. The van der Waals surface area contributed by atoms with Crippen molar-refractivity contribution in [2.24, 2.45) is 5.92 Å². The summed E-state index contributed by atoms with van der Waals surface area (Å²) in [5, 5.41) is -0.390. The van der Waals surface area contributed by atoms with Gasteiger partial charge in [-0.3, -0.25) is 14.7 Å². The third-order valence-electron chi connectivity index (χ3n) is 4.35. The zero-order chi connectivity index (χ0) is 21.0. The highest BCUT2D eigenvalue weighted by molar-refractivity contribution is 8.09. The van der Waals surface area contributed by atoms with E-state index in [-0.39, 0.29) is 30.2 Å². The van der Waals surface area contributed by atoms with E-state index in [0.717, 1.165) is 5.56 Å². The third-order valence-corrected chi connectivity index (χ3v) is 5.76. The van der Waals surface area contributed by atoms with Crippen LogP contribution in [0.15, 0.2) is 55.5 Å². The molecule has 3 atom stereocenters. The molecule has 3 heterocycles. The summed E-state index contributed by atoms with van der Waals surface area (Å²) in [6.07, 6.45) is 4.48. The molecule has 3 rings (SSSR count). The Morgan fingerprint density at radius 2 is 1.90 bits per heavy atom. The number of carbonyl (C=O) groups excluding carboxylic acids is 3. The summed E-state index contributed by atoms with van der Waals surface area (Å²) in [6, 6.07) is 3.50. The number of nitrogens with zero attached hydrogens (tertiary/aromatic N) is 2. The second-order valence-electron chi connectivity index (χ2n) is 6.22. The summed E-state index contributed by atoms with van der Waals surface area (Å²) in [5.41, 5.74) is 0.922. The van der Waals surface area contributed by atoms with Crippen LogP contribution >= 0.6 is 11.8 Å². The number of pyridine rings is 1. The first-order valence-corrected chi connectivity index (χ1v) is 9.74. The van der Waals surface area contributed by atoms with Gasteiger partial charge in [0.05, 0.1) is 0 Å². The predicted molar refractivity (Wildman–Crippen MR) is 106 cm³/mol. The molecule has 29 heavy (non-hydrogen) atoms. The number of ether oxygens (including phenoxy) is 3. The zero-order valence-electron chi connectivity index (χ0n) is 15.8. The molecule has 0 N–H and O–H groups in total. The van der Waals surface area contributed by atoms with Crippen LogP contribution in [0, 0.1) is 5.92 Å². The second-order valence-corrected chi connectivity index (χ2v) is 7.34. The molecule has 2 aliphatic heterocycles. The van der Waals surface area contributed by atoms with Crippen LogP contribution in [0.3, 0.4) is 0 Å². The maximum Gasteiger partial charge on any atom is 0.508 e. The van der Waals surface area contributed by atoms with E-state index in [1.807, 2.05) is 0 Å². The highest BCUT2D eigenvalue weighted by Crippen LogP contribution is 2.54. The van der Waals surface area contributed by atoms with Crippen LogP contribution in [0.5, 0.6) is 0 Å². The van der Waals surface area contributed by atoms with Crippen LogP contribution in [-0.2, 0) is 23.8 Å². The Balaban J connectivity index is 1.82. The lowest BCUT2D eigenvalue weighted by Gasteiger charge is -2.44. The van der Waals surface area contributed by atoms with Crippen LogP contribution in [0.2, 0.25) is 0 Å². The SMILES string of the molecule is C=CCOC(=O)O[C@H](C)[C@H]1C(=O)N2C(C(=O)OCC=C)=C(c3ccncc3)S[C@H]12. The number of carbonyl (C=O) groups is 3. The highest BCUT2D eigenvalue weighted by Gasteiger charge is 2.59. The lowest BCUT2D eigenvalue weighted by molar-refractivity contribution is -0.158. The van der Waals surface area contributed by atoms with E-state index in [2.05, 4.69) is 18.1 Å². The van der Waals surface area contributed by atoms with Crippen molar-refractivity contribution in [2.75, 3.05) is 13.2 Å². The van der Waals surface area contributed by atoms with Gasteiger partial charge in [-0.25, -0.2) is 9.59 Å². The number of aromatic nitrogens is 1. The van der Waals surface area contributed by atoms with Crippen LogP contribution in [0.4, 0.5) is 4.79 Å². The molecule has 1 aromatic heterocycles. The van der Waals surface area contributed by atoms with Gasteiger partial charge < -0.3 is 14.2 Å². The molecule has 0 radical (unpaired) electrons. The number of thioether (sulfide) groups is 1. The van der Waals surface area contributed by atoms with Gasteiger partial charge in [-0.2, -0.15) is 0 Å². The Labute approximate surface area is 172 Å². The molecule has 0 aromatic carbocycles. The normalized spacial score (nSPS) is 21.0. The molecule has 1 amide bonds. The molecule has 0 unspecified atom stereocenters. The number of esters is 1. The van der Waals surface area contributed by atoms with Gasteiger partial charge in [-0.15, -0.1) is 0 Å². The van der Waals surface area contributed by atoms with E-state index >= 15 is 0 Å². The van der Waals surface area contributed by atoms with Crippen molar-refractivity contribution in [1.29, 1.82) is 0 Å². The van der Waals surface area contributed by atoms with Crippen molar-refractivity contribution >= 4 is 34.7 Å². The van der Waals surface area contributed by atoms with Crippen molar-refractivity contribution in [3.05, 3.63) is 61.1 Å². The molecule has 0 aliphatic carbocycles. The Kier molecular flexibility index (Phi) is 6.38. The van der Waals surface area contributed by atoms with Crippen LogP contribution < -0.4 is 0 Å². The summed E-state index contributed by atoms with van der Waals surface area (Å²) in [6.45, 7) is 8.65. The summed E-state index contributed by atoms with van der Waals surface area (Å²) in [5.74, 6) is -1.54. The van der Waals surface area contributed by atoms with E-state index in [4.69, 9.17) is 14.2 Å². The number of hydrogen-bond acceptors (Lipinski definition) is 8. The van der Waals surface area contributed by atoms with Crippen molar-refractivity contribution in [2.45, 2.75) is 18.4 Å². The number of rotatable bonds is 8. The zero-order valence-corrected chi connectivity index (χ0v) is 16.6. The Bertz CT molecular complexity index is 869. The fourth-order valence-electron chi connectivity index (χ4n) is 3.06. The molecule has 0 bridgehead atoms. The molecular formula is C20H20N2O6S. The monoisotopic (exact) mass is 416 g/mol. The smallest absolute Gasteiger partial charge is 0.457 e. The van der Waals surface area contributed by atoms with E-state index < -0.39 is 24.1 Å². The number of amides is 1. The summed E-state index contributed by atoms with van der Waals surface area (Å²) in [4.78, 5) is 43.2. The van der Waals surface area contributed by atoms with E-state index in [1.165, 1.54) is 28.8 Å². The molecule has 1 saturated heterocycles. The van der Waals surface area contributed by atoms with Crippen LogP contribution in [0.1, 0.15) is 12.5 Å². The summed E-state index contributed by atoms with van der Waals surface area (Å²) >= 11 is 1.35. The van der Waals surface area contributed by atoms with Crippen LogP contribution in [0.25, 0.3) is 4.91 Å². The number of β-lactam (4-membered cyclic amide) rings is 1. The lowest BCUT2D eigenvalue weighted by atomic mass is 9.92. The molecule has 9 heteroatoms. The number of fused-ring (bicyclic) bond motifs is 1. The first kappa shape index (κ1) is 20.7. The van der Waals surface area contributed by atoms with Crippen molar-refractivity contribution in [1.82, 2.24) is 9.88 Å². The summed E-state index contributed by atoms with van der Waals surface area (Å²) in [7, 11) is 0. The van der Waals surface area contributed by atoms with E-state index in [1.54, 1.807) is 31.5 Å². The minimum absolute atomic E-state index is 0.0154. The van der Waals surface area contributed by atoms with Crippen LogP contribution in [-0.4, -0.2) is 52.6 Å². The van der Waals surface area contributed by atoms with Crippen molar-refractivity contribution in [3.63, 3.8) is 0 Å². The molecule has 0 spiro atoms. The molecule has 1 aromatic rings. The quantitative estimate of drug-likeness (QED) is 0.363. The number of hydrogen-bond donors (Lipinski definition) is 0. The van der Waals surface area contributed by atoms with Crippen molar-refractivity contribution < 1.29 is 28.6 Å². The average Bonchev–Trinajstić information content (AvgIpc) is 3.06. The van der Waals surface area contributed by atoms with Gasteiger partial charge in [0.1, 0.15) is 36.3 Å². The van der Waals surface area contributed by atoms with Gasteiger partial charge in [-0.1, -0.05) is 37.1 Å². The minimum atomic E-state index is -0.875. The third kappa shape index (κ3) is 4.04. The Morgan fingerprint density at radius 1 is 1.24 bits per heavy atom. The topological polar surface area (TPSA) is 95.0 Å². The Morgan fingerprint density at radius 3 is 2.55 bits per heavy atom. The maximum absolute atomic E-state index is 12.8. The van der Waals surface area contributed by atoms with E-state index in [0.29, 0.717) is 4.91 Å². The highest BCUT2D eigenvalue weighted by atomic mass is 32.2. The average molecular weight is 416 g/mol. The van der Waals surface area contributed by atoms with E-state index in [9.17, 15) is 14.4 Å². The van der Waals surface area contributed by atoms with Crippen molar-refractivity contribution in [3.8, 4) is 0 Å². The van der Waals surface area contributed by atoms with Gasteiger partial charge in [0.15, 0.2) is 0 Å². The van der Waals surface area contributed by atoms with Gasteiger partial charge in [0, 0.05) is 17.3 Å². The molecule has 2 aliphatic rings. The lowest BCUT2D eigenvalue weighted by Crippen LogP contribution is -2.61. The van der Waals surface area contributed by atoms with Gasteiger partial charge >= 0.3 is 12.1 Å². The molecular weight excluding hydrogens is 396 g/mol. The first-order chi connectivity index (χ1) is 14.0. The predicted octanol–water partition coefficient (Wildman–Crippen LogP) is 2.74. The Hall–Kier alpha value is -3.07. The second kappa shape index (κ2) is 8.95. The van der Waals surface area contributed by atoms with Gasteiger partial charge in [0.25, 0.3) is 0 Å². The molecule has 8 nitrogen and oxygen atoms in total. The standard InChI is InChI=1S/C20H20N2O6S/c1-4-10-26-19(24)15-16(13-6-8-21-9-7-13)29-18-14(17(23)22(15)18)12(3)28-20(25)27-11-5-2/h4-9,12,14,18H,1-2,10-11H2,3H3/t12-,14+,18-/m1/s1. The fourth-order valence-corrected chi connectivity index (χ4v) is 4.66. The summed E-state index contributed by atoms with van der Waals surface area (Å²) < 4.78 is 15.2. The van der Waals surface area contributed by atoms with Gasteiger partial charge in [-0.05, 0) is 24.6 Å².